The van der Waals surface area contributed by atoms with E-state index in [0.29, 0.717) is 23.9 Å². The molecule has 0 aromatic rings. The molecule has 0 fully saturated rings. The van der Waals surface area contributed by atoms with Gasteiger partial charge in [0.2, 0.25) is 0 Å². The predicted molar refractivity (Wildman–Crippen MR) is 132 cm³/mol. The zero-order chi connectivity index (χ0) is 22.7. The summed E-state index contributed by atoms with van der Waals surface area (Å²) >= 11 is 0. The van der Waals surface area contributed by atoms with Crippen molar-refractivity contribution in [1.29, 1.82) is 0 Å². The third-order valence-electron chi connectivity index (χ3n) is 5.77. The minimum absolute atomic E-state index is 0.322. The molecule has 0 rings (SSSR count). The second kappa shape index (κ2) is 18.4. The molecule has 0 aromatic carbocycles. The topological polar surface area (TPSA) is 46.5 Å². The minimum Gasteiger partial charge on any atom is -0.320 e. The van der Waals surface area contributed by atoms with Crippen molar-refractivity contribution in [1.82, 2.24) is 0 Å². The molecule has 0 aliphatic rings. The van der Waals surface area contributed by atoms with Gasteiger partial charge in [0.25, 0.3) is 0 Å². The normalized spacial score (nSPS) is 15.5. The van der Waals surface area contributed by atoms with Crippen molar-refractivity contribution < 1.29 is 18.5 Å². The molecule has 2 atom stereocenters. The van der Waals surface area contributed by atoms with Crippen molar-refractivity contribution in [3.8, 4) is 0 Å². The van der Waals surface area contributed by atoms with Gasteiger partial charge in [-0.25, -0.2) is 0 Å². The highest BCUT2D eigenvalue weighted by molar-refractivity contribution is 7.53. The van der Waals surface area contributed by atoms with Crippen LogP contribution < -0.4 is 0 Å². The van der Waals surface area contributed by atoms with E-state index >= 15 is 0 Å². The smallest absolute Gasteiger partial charge is 0.320 e. The van der Waals surface area contributed by atoms with E-state index in [9.17, 15) is 9.46 Å². The van der Waals surface area contributed by atoms with Crippen molar-refractivity contribution >= 4 is 7.60 Å². The molecule has 30 heavy (non-hydrogen) atoms. The summed E-state index contributed by atoms with van der Waals surface area (Å²) in [5.41, 5.74) is 0. The lowest BCUT2D eigenvalue weighted by molar-refractivity contribution is -0.883. The summed E-state index contributed by atoms with van der Waals surface area (Å²) in [7, 11) is 2.29. The van der Waals surface area contributed by atoms with Gasteiger partial charge >= 0.3 is 7.60 Å². The average Bonchev–Trinajstić information content (AvgIpc) is 2.67. The van der Waals surface area contributed by atoms with Gasteiger partial charge < -0.3 is 13.9 Å². The van der Waals surface area contributed by atoms with Crippen LogP contribution >= 0.6 is 7.60 Å². The first kappa shape index (κ1) is 29.9. The maximum absolute atomic E-state index is 12.6. The average molecular weight is 447 g/mol. The van der Waals surface area contributed by atoms with Gasteiger partial charge in [-0.05, 0) is 25.7 Å². The summed E-state index contributed by atoms with van der Waals surface area (Å²) in [5, 5.41) is 0. The van der Waals surface area contributed by atoms with E-state index in [1.54, 1.807) is 0 Å². The van der Waals surface area contributed by atoms with E-state index in [4.69, 9.17) is 4.52 Å². The van der Waals surface area contributed by atoms with Gasteiger partial charge in [0.1, 0.15) is 0 Å². The third-order valence-corrected chi connectivity index (χ3v) is 8.03. The highest BCUT2D eigenvalue weighted by atomic mass is 31.2. The number of unbranched alkanes of at least 4 members (excludes halogenated alkanes) is 12. The second-order valence-corrected chi connectivity index (χ2v) is 11.7. The largest absolute Gasteiger partial charge is 0.385 e. The SMILES string of the molecule is CCCCCCCCCCCCCC/C=C\CCOP(=O)(O)C(CCC)[N+](C)(C)C. The minimum atomic E-state index is -3.59. The summed E-state index contributed by atoms with van der Waals surface area (Å²) < 4.78 is 18.5. The van der Waals surface area contributed by atoms with Crippen molar-refractivity contribution in [2.45, 2.75) is 122 Å². The van der Waals surface area contributed by atoms with Gasteiger partial charge in [0.15, 0.2) is 5.78 Å². The zero-order valence-corrected chi connectivity index (χ0v) is 21.8. The van der Waals surface area contributed by atoms with E-state index in [0.717, 1.165) is 12.8 Å². The van der Waals surface area contributed by atoms with Gasteiger partial charge in [0.05, 0.1) is 27.7 Å². The Bertz CT molecular complexity index is 460. The Morgan fingerprint density at radius 1 is 0.767 bits per heavy atom. The molecule has 0 aromatic heterocycles. The number of allylic oxidation sites excluding steroid dienone is 1. The molecule has 0 aliphatic carbocycles. The third kappa shape index (κ3) is 16.5. The summed E-state index contributed by atoms with van der Waals surface area (Å²) in [6.45, 7) is 4.64. The Balaban J connectivity index is 3.64. The van der Waals surface area contributed by atoms with Crippen LogP contribution in [-0.2, 0) is 9.09 Å². The van der Waals surface area contributed by atoms with E-state index in [1.807, 2.05) is 28.1 Å². The van der Waals surface area contributed by atoms with Crippen molar-refractivity contribution in [2.24, 2.45) is 0 Å². The lowest BCUT2D eigenvalue weighted by atomic mass is 10.0. The maximum Gasteiger partial charge on any atom is 0.385 e. The fourth-order valence-electron chi connectivity index (χ4n) is 3.92. The number of hydrogen-bond donors (Lipinski definition) is 1. The van der Waals surface area contributed by atoms with Crippen molar-refractivity contribution in [3.05, 3.63) is 12.2 Å². The first-order chi connectivity index (χ1) is 14.3. The number of rotatable bonds is 21. The second-order valence-electron chi connectivity index (χ2n) is 9.72. The summed E-state index contributed by atoms with van der Waals surface area (Å²) in [5.74, 6) is -0.354. The number of hydrogen-bond acceptors (Lipinski definition) is 2. The number of nitrogens with zero attached hydrogens (tertiary/aromatic N) is 1. The van der Waals surface area contributed by atoms with Crippen LogP contribution in [0.25, 0.3) is 0 Å². The first-order valence-electron chi connectivity index (χ1n) is 12.7. The van der Waals surface area contributed by atoms with Crippen LogP contribution in [0.2, 0.25) is 0 Å². The highest BCUT2D eigenvalue weighted by Gasteiger charge is 2.41. The molecule has 180 valence electrons. The molecule has 0 aliphatic heterocycles. The molecule has 0 radical (unpaired) electrons. The lowest BCUT2D eigenvalue weighted by Gasteiger charge is -2.35. The first-order valence-corrected chi connectivity index (χ1v) is 14.3. The highest BCUT2D eigenvalue weighted by Crippen LogP contribution is 2.51. The Labute approximate surface area is 188 Å². The van der Waals surface area contributed by atoms with Crippen LogP contribution in [0.5, 0.6) is 0 Å². The standard InChI is InChI=1S/C25H52NO3P/c1-6-8-9-10-11-12-13-14-15-16-17-18-19-20-21-22-24-29-30(27,28)25(23-7-2)26(3,4)5/h20-21,25H,6-19,22-24H2,1-5H3/p+1/b21-20-. The molecule has 5 heteroatoms. The van der Waals surface area contributed by atoms with Crippen molar-refractivity contribution in [3.63, 3.8) is 0 Å². The van der Waals surface area contributed by atoms with Crippen LogP contribution in [-0.4, -0.2) is 42.9 Å². The Hall–Kier alpha value is -0.150. The van der Waals surface area contributed by atoms with Gasteiger partial charge in [-0.1, -0.05) is 96.6 Å². The predicted octanol–water partition coefficient (Wildman–Crippen LogP) is 8.06. The van der Waals surface area contributed by atoms with Crippen LogP contribution in [0.1, 0.15) is 117 Å². The van der Waals surface area contributed by atoms with E-state index < -0.39 is 7.60 Å². The van der Waals surface area contributed by atoms with Crippen LogP contribution in [0, 0.1) is 0 Å². The van der Waals surface area contributed by atoms with Crippen molar-refractivity contribution in [2.75, 3.05) is 27.7 Å². The summed E-state index contributed by atoms with van der Waals surface area (Å²) in [4.78, 5) is 10.4. The Morgan fingerprint density at radius 3 is 1.70 bits per heavy atom. The van der Waals surface area contributed by atoms with E-state index in [2.05, 4.69) is 19.1 Å². The van der Waals surface area contributed by atoms with Crippen LogP contribution in [0.4, 0.5) is 0 Å². The molecule has 1 N–H and O–H groups in total. The van der Waals surface area contributed by atoms with Crippen LogP contribution in [0.3, 0.4) is 0 Å². The molecule has 0 spiro atoms. The molecule has 0 bridgehead atoms. The molecule has 0 heterocycles. The van der Waals surface area contributed by atoms with Gasteiger partial charge in [0, 0.05) is 6.42 Å². The molecule has 0 saturated carbocycles. The Morgan fingerprint density at radius 2 is 1.23 bits per heavy atom. The van der Waals surface area contributed by atoms with E-state index in [1.165, 1.54) is 77.0 Å². The van der Waals surface area contributed by atoms with Gasteiger partial charge in [-0.15, -0.1) is 0 Å². The molecule has 4 nitrogen and oxygen atoms in total. The molecular weight excluding hydrogens is 393 g/mol. The summed E-state index contributed by atoms with van der Waals surface area (Å²) in [6, 6.07) is 0. The molecule has 0 amide bonds. The summed E-state index contributed by atoms with van der Waals surface area (Å²) in [6.07, 6.45) is 24.2. The fraction of sp³-hybridized carbons (Fsp3) is 0.920. The van der Waals surface area contributed by atoms with Crippen LogP contribution in [0.15, 0.2) is 12.2 Å². The molecule has 2 unspecified atom stereocenters. The zero-order valence-electron chi connectivity index (χ0n) is 20.9. The quantitative estimate of drug-likeness (QED) is 0.0839. The molecular formula is C25H53NO3P+. The van der Waals surface area contributed by atoms with E-state index in [-0.39, 0.29) is 5.78 Å². The lowest BCUT2D eigenvalue weighted by Crippen LogP contribution is -2.45. The Kier molecular flexibility index (Phi) is 18.3. The number of quaternary nitrogens is 1. The van der Waals surface area contributed by atoms with Gasteiger partial charge in [-0.2, -0.15) is 0 Å². The molecule has 0 saturated heterocycles. The maximum atomic E-state index is 12.6. The monoisotopic (exact) mass is 446 g/mol. The fourth-order valence-corrected chi connectivity index (χ4v) is 5.92. The van der Waals surface area contributed by atoms with Gasteiger partial charge in [-0.3, -0.25) is 4.57 Å².